The van der Waals surface area contributed by atoms with Crippen molar-refractivity contribution in [2.24, 2.45) is 0 Å². The smallest absolute Gasteiger partial charge is 0.410 e. The number of H-pyrrole nitrogens is 1. The van der Waals surface area contributed by atoms with Crippen molar-refractivity contribution >= 4 is 11.9 Å². The van der Waals surface area contributed by atoms with Crippen molar-refractivity contribution in [1.82, 2.24) is 14.9 Å². The minimum Gasteiger partial charge on any atom is -0.501 e. The number of carbonyl (C=O) groups is 2. The number of nitrogens with zero attached hydrogens (tertiary/aromatic N) is 2. The van der Waals surface area contributed by atoms with Crippen LogP contribution >= 0.6 is 0 Å². The monoisotopic (exact) mass is 533 g/mol. The van der Waals surface area contributed by atoms with Gasteiger partial charge in [-0.3, -0.25) is 14.5 Å². The van der Waals surface area contributed by atoms with Crippen LogP contribution in [0.5, 0.6) is 5.75 Å². The maximum atomic E-state index is 13.2. The Hall–Kier alpha value is -3.31. The molecule has 3 rings (SSSR count). The summed E-state index contributed by atoms with van der Waals surface area (Å²) in [4.78, 5) is 47.0. The highest BCUT2D eigenvalue weighted by Gasteiger charge is 2.48. The van der Waals surface area contributed by atoms with Crippen molar-refractivity contribution in [3.63, 3.8) is 0 Å². The van der Waals surface area contributed by atoms with Gasteiger partial charge in [0.1, 0.15) is 22.8 Å². The molecule has 1 amide bonds. The molecular weight excluding hydrogens is 497 g/mol. The number of Topliss-reactive ketones (excluding diaryl/α,β-unsaturated/α-hetero) is 1. The summed E-state index contributed by atoms with van der Waals surface area (Å²) in [6.45, 7) is 6.84. The Kier molecular flexibility index (Phi) is 8.94. The number of benzene rings is 1. The van der Waals surface area contributed by atoms with E-state index in [1.54, 1.807) is 32.9 Å². The number of amides is 1. The first kappa shape index (κ1) is 29.2. The Bertz CT molecular complexity index is 1200. The van der Waals surface area contributed by atoms with E-state index in [4.69, 9.17) is 9.47 Å². The average Bonchev–Trinajstić information content (AvgIpc) is 2.87. The Morgan fingerprint density at radius 1 is 1.32 bits per heavy atom. The van der Waals surface area contributed by atoms with E-state index < -0.39 is 58.0 Å². The number of carbonyl (C=O) groups excluding carboxylic acids is 2. The van der Waals surface area contributed by atoms with Crippen LogP contribution in [-0.2, 0) is 21.4 Å². The number of likely N-dealkylation sites (N-methyl/N-ethyl adjacent to an activating group) is 1. The zero-order chi connectivity index (χ0) is 28.3. The quantitative estimate of drug-likeness (QED) is 0.438. The van der Waals surface area contributed by atoms with Crippen molar-refractivity contribution < 1.29 is 33.7 Å². The number of aliphatic hydroxyl groups excluding tert-OH is 1. The van der Waals surface area contributed by atoms with E-state index in [1.807, 2.05) is 6.92 Å². The van der Waals surface area contributed by atoms with Crippen LogP contribution in [0.3, 0.4) is 0 Å². The van der Waals surface area contributed by atoms with Gasteiger partial charge in [-0.05, 0) is 64.2 Å². The van der Waals surface area contributed by atoms with Crippen molar-refractivity contribution in [3.05, 3.63) is 57.5 Å². The highest BCUT2D eigenvalue weighted by molar-refractivity contribution is 5.96. The first-order valence-corrected chi connectivity index (χ1v) is 12.6. The van der Waals surface area contributed by atoms with Gasteiger partial charge in [-0.2, -0.15) is 0 Å². The normalized spacial score (nSPS) is 20.6. The van der Waals surface area contributed by atoms with Gasteiger partial charge in [0.25, 0.3) is 5.56 Å². The largest absolute Gasteiger partial charge is 0.501 e. The van der Waals surface area contributed by atoms with Gasteiger partial charge in [-0.1, -0.05) is 19.1 Å². The Morgan fingerprint density at radius 3 is 2.53 bits per heavy atom. The number of halogens is 1. The second kappa shape index (κ2) is 11.6. The third-order valence-electron chi connectivity index (χ3n) is 6.69. The number of aromatic nitrogens is 2. The maximum absolute atomic E-state index is 13.2. The van der Waals surface area contributed by atoms with E-state index in [0.717, 1.165) is 0 Å². The maximum Gasteiger partial charge on any atom is 0.410 e. The number of hydrogen-bond donors (Lipinski definition) is 3. The summed E-state index contributed by atoms with van der Waals surface area (Å²) in [7, 11) is 1.48. The molecule has 0 bridgehead atoms. The molecule has 2 aromatic rings. The highest BCUT2D eigenvalue weighted by atomic mass is 19.1. The Morgan fingerprint density at radius 2 is 1.97 bits per heavy atom. The number of aromatic hydroxyl groups is 1. The van der Waals surface area contributed by atoms with Gasteiger partial charge in [0.05, 0.1) is 18.8 Å². The highest BCUT2D eigenvalue weighted by Crippen LogP contribution is 2.38. The summed E-state index contributed by atoms with van der Waals surface area (Å²) in [5.74, 6) is -1.86. The van der Waals surface area contributed by atoms with Gasteiger partial charge in [0, 0.05) is 13.5 Å². The van der Waals surface area contributed by atoms with Crippen LogP contribution in [0.15, 0.2) is 29.1 Å². The number of nitrogens with one attached hydrogen (secondary N) is 1. The second-order valence-corrected chi connectivity index (χ2v) is 10.6. The molecule has 1 saturated heterocycles. The molecule has 1 aliphatic rings. The van der Waals surface area contributed by atoms with Gasteiger partial charge in [-0.15, -0.1) is 0 Å². The van der Waals surface area contributed by atoms with Gasteiger partial charge >= 0.3 is 6.09 Å². The molecular formula is C27H36FN3O7. The lowest BCUT2D eigenvalue weighted by atomic mass is 9.85. The minimum absolute atomic E-state index is 0.0387. The van der Waals surface area contributed by atoms with Crippen LogP contribution in [0.2, 0.25) is 0 Å². The van der Waals surface area contributed by atoms with E-state index in [9.17, 15) is 29.0 Å². The van der Waals surface area contributed by atoms with E-state index in [1.165, 1.54) is 24.1 Å². The topological polar surface area (TPSA) is 142 Å². The summed E-state index contributed by atoms with van der Waals surface area (Å²) in [6.07, 6.45) is -0.703. The number of ether oxygens (including phenoxy) is 2. The summed E-state index contributed by atoms with van der Waals surface area (Å²) in [5, 5.41) is 20.7. The number of aryl methyl sites for hydroxylation is 1. The number of rotatable bonds is 8. The van der Waals surface area contributed by atoms with E-state index in [2.05, 4.69) is 9.97 Å². The molecule has 3 unspecified atom stereocenters. The molecule has 1 aromatic heterocycles. The molecule has 0 aliphatic carbocycles. The lowest BCUT2D eigenvalue weighted by Crippen LogP contribution is -2.57. The first-order valence-electron chi connectivity index (χ1n) is 12.6. The molecule has 208 valence electrons. The molecule has 0 radical (unpaired) electrons. The second-order valence-electron chi connectivity index (χ2n) is 10.6. The number of aromatic amines is 1. The summed E-state index contributed by atoms with van der Waals surface area (Å²) >= 11 is 0. The van der Waals surface area contributed by atoms with Crippen molar-refractivity contribution in [1.29, 1.82) is 0 Å². The van der Waals surface area contributed by atoms with E-state index in [0.29, 0.717) is 18.4 Å². The first-order chi connectivity index (χ1) is 17.8. The Labute approximate surface area is 220 Å². The molecule has 1 fully saturated rings. The molecule has 0 saturated carbocycles. The van der Waals surface area contributed by atoms with Crippen molar-refractivity contribution in [3.8, 4) is 5.75 Å². The molecule has 1 aliphatic heterocycles. The summed E-state index contributed by atoms with van der Waals surface area (Å²) in [5.41, 5.74) is -2.82. The van der Waals surface area contributed by atoms with Gasteiger partial charge < -0.3 is 24.7 Å². The average molecular weight is 534 g/mol. The number of ketones is 1. The molecule has 2 heterocycles. The SMILES string of the molecule is CCC(O)C1CCC(c2nc(C(=O)CCc3ccc(F)cc3)c(O)c(=O)[nH]2)(N(C)C(=O)OC(C)(C)C)CO1. The van der Waals surface area contributed by atoms with Crippen LogP contribution in [-0.4, -0.2) is 68.4 Å². The van der Waals surface area contributed by atoms with Gasteiger partial charge in [-0.25, -0.2) is 14.2 Å². The number of hydrogen-bond acceptors (Lipinski definition) is 8. The fourth-order valence-corrected chi connectivity index (χ4v) is 4.37. The molecule has 11 heteroatoms. The number of aliphatic hydroxyl groups is 1. The Balaban J connectivity index is 1.98. The van der Waals surface area contributed by atoms with Crippen LogP contribution in [0.4, 0.5) is 9.18 Å². The summed E-state index contributed by atoms with van der Waals surface area (Å²) < 4.78 is 24.7. The molecule has 10 nitrogen and oxygen atoms in total. The predicted octanol–water partition coefficient (Wildman–Crippen LogP) is 3.44. The van der Waals surface area contributed by atoms with Gasteiger partial charge in [0.2, 0.25) is 5.75 Å². The predicted molar refractivity (Wildman–Crippen MR) is 137 cm³/mol. The van der Waals surface area contributed by atoms with Gasteiger partial charge in [0.15, 0.2) is 11.5 Å². The van der Waals surface area contributed by atoms with Crippen LogP contribution in [0, 0.1) is 5.82 Å². The molecule has 3 atom stereocenters. The molecule has 0 spiro atoms. The van der Waals surface area contributed by atoms with Crippen LogP contribution in [0.1, 0.15) is 75.3 Å². The minimum atomic E-state index is -1.34. The van der Waals surface area contributed by atoms with E-state index >= 15 is 0 Å². The zero-order valence-electron chi connectivity index (χ0n) is 22.4. The molecule has 38 heavy (non-hydrogen) atoms. The molecule has 1 aromatic carbocycles. The van der Waals surface area contributed by atoms with Crippen LogP contribution < -0.4 is 5.56 Å². The fraction of sp³-hybridized carbons (Fsp3) is 0.556. The fourth-order valence-electron chi connectivity index (χ4n) is 4.37. The van der Waals surface area contributed by atoms with Crippen molar-refractivity contribution in [2.75, 3.05) is 13.7 Å². The standard InChI is InChI=1S/C27H36FN3O7/c1-6-18(32)20-13-14-27(15-37-20,31(5)25(36)38-26(2,3)4)24-29-21(22(34)23(35)30-24)19(33)12-9-16-7-10-17(28)11-8-16/h7-8,10-11,18,20,32,34H,6,9,12-15H2,1-5H3,(H,29,30,35). The lowest BCUT2D eigenvalue weighted by molar-refractivity contribution is -0.125. The third-order valence-corrected chi connectivity index (χ3v) is 6.69. The van der Waals surface area contributed by atoms with E-state index in [-0.39, 0.29) is 31.7 Å². The lowest BCUT2D eigenvalue weighted by Gasteiger charge is -2.45. The zero-order valence-corrected chi connectivity index (χ0v) is 22.4. The van der Waals surface area contributed by atoms with Crippen molar-refractivity contribution in [2.45, 2.75) is 83.1 Å². The van der Waals surface area contributed by atoms with Crippen LogP contribution in [0.25, 0.3) is 0 Å². The summed E-state index contributed by atoms with van der Waals surface area (Å²) in [6, 6.07) is 5.65. The third kappa shape index (κ3) is 6.57. The molecule has 3 N–H and O–H groups in total.